The smallest absolute Gasteiger partial charge is 0.165 e. The zero-order chi connectivity index (χ0) is 13.0. The van der Waals surface area contributed by atoms with Gasteiger partial charge >= 0.3 is 0 Å². The lowest BCUT2D eigenvalue weighted by Gasteiger charge is -2.05. The number of rotatable bonds is 4. The summed E-state index contributed by atoms with van der Waals surface area (Å²) in [6.45, 7) is 0. The molecule has 0 aliphatic heterocycles. The molecule has 0 radical (unpaired) electrons. The van der Waals surface area contributed by atoms with Crippen molar-refractivity contribution in [2.45, 2.75) is 12.8 Å². The number of nitrogen functional groups attached to an aromatic ring is 1. The number of para-hydroxylation sites is 1. The number of carbonyl (C=O) groups is 1. The third-order valence-corrected chi connectivity index (χ3v) is 3.03. The first-order chi connectivity index (χ1) is 8.66. The predicted octanol–water partition coefficient (Wildman–Crippen LogP) is 3.74. The molecule has 2 N–H and O–H groups in total. The minimum Gasteiger partial charge on any atom is -0.398 e. The molecule has 2 rings (SSSR count). The quantitative estimate of drug-likeness (QED) is 0.671. The van der Waals surface area contributed by atoms with Crippen molar-refractivity contribution in [2.24, 2.45) is 0 Å². The summed E-state index contributed by atoms with van der Waals surface area (Å²) in [6, 6.07) is 14.7. The van der Waals surface area contributed by atoms with Crippen LogP contribution in [0.15, 0.2) is 48.5 Å². The number of Topliss-reactive ketones (excluding diaryl/α,β-unsaturated/α-hetero) is 1. The molecule has 0 saturated heterocycles. The molecule has 18 heavy (non-hydrogen) atoms. The van der Waals surface area contributed by atoms with E-state index in [0.29, 0.717) is 29.1 Å². The molecule has 0 bridgehead atoms. The van der Waals surface area contributed by atoms with Gasteiger partial charge in [-0.25, -0.2) is 0 Å². The van der Waals surface area contributed by atoms with E-state index in [1.54, 1.807) is 12.1 Å². The fourth-order valence-corrected chi connectivity index (χ4v) is 2.05. The van der Waals surface area contributed by atoms with Gasteiger partial charge in [-0.05, 0) is 36.2 Å². The minimum atomic E-state index is 0.0630. The molecule has 0 unspecified atom stereocenters. The first-order valence-corrected chi connectivity index (χ1v) is 6.17. The number of aryl methyl sites for hydroxylation is 1. The normalized spacial score (nSPS) is 10.3. The highest BCUT2D eigenvalue weighted by atomic mass is 35.5. The van der Waals surface area contributed by atoms with Gasteiger partial charge in [0.1, 0.15) is 0 Å². The molecule has 0 heterocycles. The summed E-state index contributed by atoms with van der Waals surface area (Å²) in [5, 5.41) is 0.694. The van der Waals surface area contributed by atoms with Crippen LogP contribution in [0.3, 0.4) is 0 Å². The third-order valence-electron chi connectivity index (χ3n) is 2.79. The number of anilines is 1. The van der Waals surface area contributed by atoms with E-state index in [1.165, 1.54) is 0 Å². The first-order valence-electron chi connectivity index (χ1n) is 5.79. The fourth-order valence-electron chi connectivity index (χ4n) is 1.84. The summed E-state index contributed by atoms with van der Waals surface area (Å²) in [5.41, 5.74) is 7.97. The van der Waals surface area contributed by atoms with Crippen molar-refractivity contribution in [1.82, 2.24) is 0 Å². The largest absolute Gasteiger partial charge is 0.398 e. The molecule has 0 atom stereocenters. The third kappa shape index (κ3) is 3.11. The maximum Gasteiger partial charge on any atom is 0.165 e. The van der Waals surface area contributed by atoms with Crippen molar-refractivity contribution in [1.29, 1.82) is 0 Å². The van der Waals surface area contributed by atoms with Crippen molar-refractivity contribution in [2.75, 3.05) is 5.73 Å². The molecule has 0 amide bonds. The molecule has 2 nitrogen and oxygen atoms in total. The van der Waals surface area contributed by atoms with Crippen LogP contribution >= 0.6 is 11.6 Å². The van der Waals surface area contributed by atoms with Gasteiger partial charge in [-0.3, -0.25) is 4.79 Å². The number of hydrogen-bond acceptors (Lipinski definition) is 2. The van der Waals surface area contributed by atoms with Crippen LogP contribution in [0, 0.1) is 0 Å². The Morgan fingerprint density at radius 2 is 1.89 bits per heavy atom. The lowest BCUT2D eigenvalue weighted by molar-refractivity contribution is 0.0983. The van der Waals surface area contributed by atoms with Crippen molar-refractivity contribution >= 4 is 23.1 Å². The van der Waals surface area contributed by atoms with E-state index >= 15 is 0 Å². The Labute approximate surface area is 111 Å². The number of nitrogens with two attached hydrogens (primary N) is 1. The Hall–Kier alpha value is -1.80. The van der Waals surface area contributed by atoms with Crippen molar-refractivity contribution < 1.29 is 4.79 Å². The number of hydrogen-bond donors (Lipinski definition) is 1. The van der Waals surface area contributed by atoms with Crippen LogP contribution in [0.5, 0.6) is 0 Å². The maximum atomic E-state index is 12.0. The average molecular weight is 260 g/mol. The van der Waals surface area contributed by atoms with Crippen LogP contribution in [0.25, 0.3) is 0 Å². The molecule has 0 saturated carbocycles. The van der Waals surface area contributed by atoms with E-state index in [4.69, 9.17) is 17.3 Å². The van der Waals surface area contributed by atoms with Crippen molar-refractivity contribution in [3.8, 4) is 0 Å². The average Bonchev–Trinajstić information content (AvgIpc) is 2.37. The van der Waals surface area contributed by atoms with Crippen molar-refractivity contribution in [3.05, 3.63) is 64.7 Å². The SMILES string of the molecule is Nc1ccccc1C(=O)CCc1cccc(Cl)c1. The van der Waals surface area contributed by atoms with Crippen LogP contribution in [0.1, 0.15) is 22.3 Å². The second-order valence-electron chi connectivity index (χ2n) is 4.14. The number of ketones is 1. The Morgan fingerprint density at radius 1 is 1.11 bits per heavy atom. The standard InChI is InChI=1S/C15H14ClNO/c16-12-5-3-4-11(10-12)8-9-15(18)13-6-1-2-7-14(13)17/h1-7,10H,8-9,17H2. The Bertz CT molecular complexity index is 566. The van der Waals surface area contributed by atoms with Gasteiger partial charge in [0.25, 0.3) is 0 Å². The van der Waals surface area contributed by atoms with E-state index in [9.17, 15) is 4.79 Å². The topological polar surface area (TPSA) is 43.1 Å². The van der Waals surface area contributed by atoms with Gasteiger partial charge in [-0.2, -0.15) is 0 Å². The Kier molecular flexibility index (Phi) is 4.00. The zero-order valence-electron chi connectivity index (χ0n) is 9.90. The number of halogens is 1. The molecule has 2 aromatic rings. The van der Waals surface area contributed by atoms with Gasteiger partial charge in [0, 0.05) is 22.7 Å². The second kappa shape index (κ2) is 5.69. The van der Waals surface area contributed by atoms with Crippen LogP contribution in [-0.2, 0) is 6.42 Å². The van der Waals surface area contributed by atoms with Gasteiger partial charge in [0.15, 0.2) is 5.78 Å². The highest BCUT2D eigenvalue weighted by Gasteiger charge is 2.09. The molecular formula is C15H14ClNO. The Morgan fingerprint density at radius 3 is 2.61 bits per heavy atom. The summed E-state index contributed by atoms with van der Waals surface area (Å²) < 4.78 is 0. The second-order valence-corrected chi connectivity index (χ2v) is 4.58. The molecular weight excluding hydrogens is 246 g/mol. The minimum absolute atomic E-state index is 0.0630. The van der Waals surface area contributed by atoms with Crippen LogP contribution in [0.4, 0.5) is 5.69 Å². The number of benzene rings is 2. The van der Waals surface area contributed by atoms with Crippen LogP contribution < -0.4 is 5.73 Å². The van der Waals surface area contributed by atoms with Gasteiger partial charge in [-0.1, -0.05) is 35.9 Å². The van der Waals surface area contributed by atoms with Crippen LogP contribution in [-0.4, -0.2) is 5.78 Å². The van der Waals surface area contributed by atoms with Gasteiger partial charge in [0.2, 0.25) is 0 Å². The van der Waals surface area contributed by atoms with Crippen LogP contribution in [0.2, 0.25) is 5.02 Å². The summed E-state index contributed by atoms with van der Waals surface area (Å²) in [5.74, 6) is 0.0630. The van der Waals surface area contributed by atoms with Gasteiger partial charge in [0.05, 0.1) is 0 Å². The fraction of sp³-hybridized carbons (Fsp3) is 0.133. The highest BCUT2D eigenvalue weighted by Crippen LogP contribution is 2.16. The molecule has 92 valence electrons. The van der Waals surface area contributed by atoms with Gasteiger partial charge < -0.3 is 5.73 Å². The molecule has 0 spiro atoms. The summed E-state index contributed by atoms with van der Waals surface area (Å²) in [6.07, 6.45) is 1.11. The molecule has 0 fully saturated rings. The number of carbonyl (C=O) groups excluding carboxylic acids is 1. The molecule has 0 aliphatic rings. The molecule has 0 aromatic heterocycles. The lowest BCUT2D eigenvalue weighted by atomic mass is 10.0. The van der Waals surface area contributed by atoms with Crippen molar-refractivity contribution in [3.63, 3.8) is 0 Å². The first kappa shape index (κ1) is 12.7. The zero-order valence-corrected chi connectivity index (χ0v) is 10.7. The summed E-state index contributed by atoms with van der Waals surface area (Å²) in [7, 11) is 0. The predicted molar refractivity (Wildman–Crippen MR) is 75.0 cm³/mol. The van der Waals surface area contributed by atoms with E-state index in [1.807, 2.05) is 36.4 Å². The molecule has 3 heteroatoms. The van der Waals surface area contributed by atoms with E-state index < -0.39 is 0 Å². The lowest BCUT2D eigenvalue weighted by Crippen LogP contribution is -2.04. The van der Waals surface area contributed by atoms with E-state index in [0.717, 1.165) is 5.56 Å². The van der Waals surface area contributed by atoms with E-state index in [2.05, 4.69) is 0 Å². The Balaban J connectivity index is 2.03. The van der Waals surface area contributed by atoms with E-state index in [-0.39, 0.29) is 5.78 Å². The molecule has 0 aliphatic carbocycles. The summed E-state index contributed by atoms with van der Waals surface area (Å²) in [4.78, 5) is 12.0. The summed E-state index contributed by atoms with van der Waals surface area (Å²) >= 11 is 5.90. The monoisotopic (exact) mass is 259 g/mol. The van der Waals surface area contributed by atoms with Gasteiger partial charge in [-0.15, -0.1) is 0 Å². The maximum absolute atomic E-state index is 12.0. The molecule has 2 aromatic carbocycles. The highest BCUT2D eigenvalue weighted by molar-refractivity contribution is 6.30.